The second-order valence-corrected chi connectivity index (χ2v) is 4.19. The van der Waals surface area contributed by atoms with E-state index < -0.39 is 0 Å². The standard InChI is InChI=1S/C15H15N3O/c1-10-4-3-5-14(12(10)9-16)18-15-8-11(19-2)6-7-13(15)17/h3-8,18H,17H2,1-2H3. The van der Waals surface area contributed by atoms with E-state index in [9.17, 15) is 5.26 Å². The maximum atomic E-state index is 9.20. The second kappa shape index (κ2) is 5.32. The van der Waals surface area contributed by atoms with Crippen LogP contribution in [0.1, 0.15) is 11.1 Å². The van der Waals surface area contributed by atoms with Crippen molar-refractivity contribution >= 4 is 17.1 Å². The number of nitrogens with one attached hydrogen (secondary N) is 1. The molecule has 2 rings (SSSR count). The summed E-state index contributed by atoms with van der Waals surface area (Å²) in [6.07, 6.45) is 0. The Balaban J connectivity index is 2.42. The van der Waals surface area contributed by atoms with Crippen LogP contribution >= 0.6 is 0 Å². The summed E-state index contributed by atoms with van der Waals surface area (Å²) in [5.41, 5.74) is 9.53. The Kier molecular flexibility index (Phi) is 3.58. The topological polar surface area (TPSA) is 71.1 Å². The minimum absolute atomic E-state index is 0.603. The van der Waals surface area contributed by atoms with Crippen LogP contribution in [0.3, 0.4) is 0 Å². The normalized spacial score (nSPS) is 9.74. The van der Waals surface area contributed by atoms with Gasteiger partial charge in [0, 0.05) is 6.07 Å². The van der Waals surface area contributed by atoms with Crippen molar-refractivity contribution in [2.24, 2.45) is 0 Å². The highest BCUT2D eigenvalue weighted by molar-refractivity contribution is 5.77. The molecule has 0 aliphatic carbocycles. The van der Waals surface area contributed by atoms with Gasteiger partial charge in [-0.05, 0) is 30.7 Å². The zero-order chi connectivity index (χ0) is 13.8. The van der Waals surface area contributed by atoms with Crippen molar-refractivity contribution in [2.45, 2.75) is 6.92 Å². The maximum absolute atomic E-state index is 9.20. The van der Waals surface area contributed by atoms with Gasteiger partial charge in [-0.15, -0.1) is 0 Å². The Labute approximate surface area is 112 Å². The third-order valence-electron chi connectivity index (χ3n) is 2.91. The Hall–Kier alpha value is -2.67. The SMILES string of the molecule is COc1ccc(N)c(Nc2cccc(C)c2C#N)c1. The van der Waals surface area contributed by atoms with Gasteiger partial charge in [0.2, 0.25) is 0 Å². The van der Waals surface area contributed by atoms with Crippen molar-refractivity contribution in [3.63, 3.8) is 0 Å². The van der Waals surface area contributed by atoms with E-state index in [2.05, 4.69) is 11.4 Å². The molecule has 0 unspecified atom stereocenters. The molecule has 4 heteroatoms. The van der Waals surface area contributed by atoms with Gasteiger partial charge in [0.05, 0.1) is 29.7 Å². The number of ether oxygens (including phenoxy) is 1. The van der Waals surface area contributed by atoms with Crippen LogP contribution in [0.25, 0.3) is 0 Å². The van der Waals surface area contributed by atoms with E-state index >= 15 is 0 Å². The summed E-state index contributed by atoms with van der Waals surface area (Å²) in [5.74, 6) is 0.711. The van der Waals surface area contributed by atoms with E-state index in [1.165, 1.54) is 0 Å². The van der Waals surface area contributed by atoms with Gasteiger partial charge in [-0.25, -0.2) is 0 Å². The zero-order valence-electron chi connectivity index (χ0n) is 10.9. The van der Waals surface area contributed by atoms with E-state index in [4.69, 9.17) is 10.5 Å². The fourth-order valence-corrected chi connectivity index (χ4v) is 1.84. The van der Waals surface area contributed by atoms with Gasteiger partial charge in [0.15, 0.2) is 0 Å². The molecule has 0 bridgehead atoms. The summed E-state index contributed by atoms with van der Waals surface area (Å²) in [6.45, 7) is 1.90. The summed E-state index contributed by atoms with van der Waals surface area (Å²) in [4.78, 5) is 0. The lowest BCUT2D eigenvalue weighted by Crippen LogP contribution is -1.99. The van der Waals surface area contributed by atoms with Gasteiger partial charge >= 0.3 is 0 Å². The van der Waals surface area contributed by atoms with Gasteiger partial charge in [-0.2, -0.15) is 5.26 Å². The van der Waals surface area contributed by atoms with E-state index in [-0.39, 0.29) is 0 Å². The first kappa shape index (κ1) is 12.8. The third-order valence-corrected chi connectivity index (χ3v) is 2.91. The van der Waals surface area contributed by atoms with Gasteiger partial charge in [0.25, 0.3) is 0 Å². The van der Waals surface area contributed by atoms with Crippen LogP contribution in [0, 0.1) is 18.3 Å². The number of benzene rings is 2. The Morgan fingerprint density at radius 3 is 2.68 bits per heavy atom. The van der Waals surface area contributed by atoms with E-state index in [0.717, 1.165) is 16.9 Å². The number of hydrogen-bond acceptors (Lipinski definition) is 4. The number of nitriles is 1. The van der Waals surface area contributed by atoms with Crippen molar-refractivity contribution in [1.29, 1.82) is 5.26 Å². The minimum atomic E-state index is 0.603. The number of hydrogen-bond donors (Lipinski definition) is 2. The fourth-order valence-electron chi connectivity index (χ4n) is 1.84. The first-order chi connectivity index (χ1) is 9.15. The smallest absolute Gasteiger partial charge is 0.121 e. The molecule has 0 saturated heterocycles. The molecule has 4 nitrogen and oxygen atoms in total. The molecular formula is C15H15N3O. The summed E-state index contributed by atoms with van der Waals surface area (Å²) < 4.78 is 5.17. The van der Waals surface area contributed by atoms with Crippen LogP contribution in [0.15, 0.2) is 36.4 Å². The zero-order valence-corrected chi connectivity index (χ0v) is 10.9. The molecule has 0 radical (unpaired) electrons. The number of nitrogens with zero attached hydrogens (tertiary/aromatic N) is 1. The largest absolute Gasteiger partial charge is 0.497 e. The van der Waals surface area contributed by atoms with E-state index in [1.807, 2.05) is 25.1 Å². The van der Waals surface area contributed by atoms with Gasteiger partial charge in [0.1, 0.15) is 11.8 Å². The fraction of sp³-hybridized carbons (Fsp3) is 0.133. The van der Waals surface area contributed by atoms with Gasteiger partial charge < -0.3 is 15.8 Å². The molecule has 0 aliphatic rings. The molecule has 2 aromatic rings. The molecule has 0 aliphatic heterocycles. The Bertz CT molecular complexity index is 644. The highest BCUT2D eigenvalue weighted by Gasteiger charge is 2.07. The minimum Gasteiger partial charge on any atom is -0.497 e. The van der Waals surface area contributed by atoms with Crippen molar-refractivity contribution in [3.05, 3.63) is 47.5 Å². The Morgan fingerprint density at radius 2 is 2.00 bits per heavy atom. The summed E-state index contributed by atoms with van der Waals surface area (Å²) >= 11 is 0. The monoisotopic (exact) mass is 253 g/mol. The molecule has 96 valence electrons. The van der Waals surface area contributed by atoms with E-state index in [1.54, 1.807) is 25.3 Å². The maximum Gasteiger partial charge on any atom is 0.121 e. The van der Waals surface area contributed by atoms with Crippen molar-refractivity contribution in [3.8, 4) is 11.8 Å². The number of aryl methyl sites for hydroxylation is 1. The lowest BCUT2D eigenvalue weighted by molar-refractivity contribution is 0.415. The highest BCUT2D eigenvalue weighted by Crippen LogP contribution is 2.29. The molecule has 0 spiro atoms. The number of anilines is 3. The molecular weight excluding hydrogens is 238 g/mol. The summed E-state index contributed by atoms with van der Waals surface area (Å²) in [7, 11) is 1.60. The number of rotatable bonds is 3. The Morgan fingerprint density at radius 1 is 1.21 bits per heavy atom. The average molecular weight is 253 g/mol. The predicted molar refractivity (Wildman–Crippen MR) is 76.6 cm³/mol. The lowest BCUT2D eigenvalue weighted by atomic mass is 10.1. The van der Waals surface area contributed by atoms with Gasteiger partial charge in [-0.3, -0.25) is 0 Å². The van der Waals surface area contributed by atoms with Crippen molar-refractivity contribution < 1.29 is 4.74 Å². The van der Waals surface area contributed by atoms with E-state index in [0.29, 0.717) is 17.0 Å². The summed E-state index contributed by atoms with van der Waals surface area (Å²) in [5, 5.41) is 12.4. The molecule has 19 heavy (non-hydrogen) atoms. The molecule has 2 aromatic carbocycles. The predicted octanol–water partition coefficient (Wildman–Crippen LogP) is 3.20. The highest BCUT2D eigenvalue weighted by atomic mass is 16.5. The first-order valence-corrected chi connectivity index (χ1v) is 5.86. The molecule has 0 amide bonds. The summed E-state index contributed by atoms with van der Waals surface area (Å²) in [6, 6.07) is 13.2. The van der Waals surface area contributed by atoms with Crippen LogP contribution in [0.2, 0.25) is 0 Å². The quantitative estimate of drug-likeness (QED) is 0.824. The molecule has 3 N–H and O–H groups in total. The van der Waals surface area contributed by atoms with Gasteiger partial charge in [-0.1, -0.05) is 12.1 Å². The third kappa shape index (κ3) is 2.61. The molecule has 0 aromatic heterocycles. The number of nitrogen functional groups attached to an aromatic ring is 1. The van der Waals surface area contributed by atoms with Crippen molar-refractivity contribution in [2.75, 3.05) is 18.2 Å². The average Bonchev–Trinajstić information content (AvgIpc) is 2.41. The first-order valence-electron chi connectivity index (χ1n) is 5.86. The molecule has 0 atom stereocenters. The molecule has 0 heterocycles. The van der Waals surface area contributed by atoms with Crippen LogP contribution < -0.4 is 15.8 Å². The van der Waals surface area contributed by atoms with Crippen LogP contribution in [-0.2, 0) is 0 Å². The lowest BCUT2D eigenvalue weighted by Gasteiger charge is -2.13. The second-order valence-electron chi connectivity index (χ2n) is 4.19. The van der Waals surface area contributed by atoms with Crippen LogP contribution in [0.4, 0.5) is 17.1 Å². The number of methoxy groups -OCH3 is 1. The van der Waals surface area contributed by atoms with Crippen LogP contribution in [0.5, 0.6) is 5.75 Å². The van der Waals surface area contributed by atoms with Crippen LogP contribution in [-0.4, -0.2) is 7.11 Å². The van der Waals surface area contributed by atoms with Crippen molar-refractivity contribution in [1.82, 2.24) is 0 Å². The molecule has 0 saturated carbocycles. The molecule has 0 fully saturated rings. The number of nitrogens with two attached hydrogens (primary N) is 1.